The fourth-order valence-electron chi connectivity index (χ4n) is 3.21. The maximum absolute atomic E-state index is 12.3. The number of para-hydroxylation sites is 1. The van der Waals surface area contributed by atoms with Gasteiger partial charge in [0.25, 0.3) is 0 Å². The molecule has 1 N–H and O–H groups in total. The summed E-state index contributed by atoms with van der Waals surface area (Å²) >= 11 is 0. The third-order valence-electron chi connectivity index (χ3n) is 3.92. The Kier molecular flexibility index (Phi) is 2.96. The Morgan fingerprint density at radius 2 is 2.25 bits per heavy atom. The Morgan fingerprint density at radius 3 is 3.00 bits per heavy atom. The number of hydrogen-bond acceptors (Lipinski definition) is 4. The molecule has 0 amide bonds. The van der Waals surface area contributed by atoms with Gasteiger partial charge in [0.1, 0.15) is 5.75 Å². The lowest BCUT2D eigenvalue weighted by Crippen LogP contribution is -2.54. The van der Waals surface area contributed by atoms with Crippen molar-refractivity contribution in [1.82, 2.24) is 5.32 Å². The average Bonchev–Trinajstić information content (AvgIpc) is 2.37. The van der Waals surface area contributed by atoms with Gasteiger partial charge in [0, 0.05) is 23.6 Å². The third-order valence-corrected chi connectivity index (χ3v) is 3.92. The molecule has 0 spiro atoms. The second-order valence-corrected chi connectivity index (χ2v) is 5.51. The molecule has 1 aromatic carbocycles. The van der Waals surface area contributed by atoms with Crippen LogP contribution in [0.3, 0.4) is 0 Å². The summed E-state index contributed by atoms with van der Waals surface area (Å²) in [6.07, 6.45) is 0.732. The van der Waals surface area contributed by atoms with Gasteiger partial charge in [0.05, 0.1) is 12.2 Å². The first kappa shape index (κ1) is 13.0. The highest BCUT2D eigenvalue weighted by Gasteiger charge is 2.45. The highest BCUT2D eigenvalue weighted by atomic mass is 16.5. The Labute approximate surface area is 118 Å². The van der Waals surface area contributed by atoms with Gasteiger partial charge in [-0.1, -0.05) is 18.2 Å². The second kappa shape index (κ2) is 4.54. The molecule has 0 saturated carbocycles. The molecule has 0 saturated heterocycles. The van der Waals surface area contributed by atoms with E-state index in [1.165, 1.54) is 0 Å². The normalized spacial score (nSPS) is 27.2. The van der Waals surface area contributed by atoms with Crippen LogP contribution in [0.5, 0.6) is 5.75 Å². The summed E-state index contributed by atoms with van der Waals surface area (Å²) in [5.41, 5.74) is 2.17. The van der Waals surface area contributed by atoms with Crippen LogP contribution in [0.4, 0.5) is 0 Å². The summed E-state index contributed by atoms with van der Waals surface area (Å²) in [6, 6.07) is 7.90. The Balaban J connectivity index is 2.10. The number of carbonyl (C=O) groups excluding carboxylic acids is 1. The maximum Gasteiger partial charge on any atom is 0.336 e. The van der Waals surface area contributed by atoms with E-state index in [0.29, 0.717) is 6.61 Å². The van der Waals surface area contributed by atoms with Crippen LogP contribution < -0.4 is 10.1 Å². The standard InChI is InChI=1S/C16H19NO3/c1-4-19-15(18)14-10(2)17-16(3)9-12(14)11-7-5-6-8-13(11)20-16/h5-8,12,17H,4,9H2,1-3H3/t12-,16+/m1/s1. The molecule has 2 aliphatic rings. The van der Waals surface area contributed by atoms with Crippen molar-refractivity contribution >= 4 is 5.97 Å². The molecule has 4 heteroatoms. The van der Waals surface area contributed by atoms with Crippen molar-refractivity contribution in [1.29, 1.82) is 0 Å². The van der Waals surface area contributed by atoms with Crippen molar-refractivity contribution < 1.29 is 14.3 Å². The average molecular weight is 273 g/mol. The van der Waals surface area contributed by atoms with E-state index < -0.39 is 5.72 Å². The number of esters is 1. The van der Waals surface area contributed by atoms with Crippen molar-refractivity contribution in [2.24, 2.45) is 0 Å². The van der Waals surface area contributed by atoms with E-state index in [9.17, 15) is 4.79 Å². The van der Waals surface area contributed by atoms with E-state index in [0.717, 1.165) is 29.0 Å². The van der Waals surface area contributed by atoms with Gasteiger partial charge in [0.15, 0.2) is 5.72 Å². The van der Waals surface area contributed by atoms with Crippen molar-refractivity contribution in [3.63, 3.8) is 0 Å². The van der Waals surface area contributed by atoms with Gasteiger partial charge in [-0.3, -0.25) is 0 Å². The Hall–Kier alpha value is -1.97. The molecule has 0 aliphatic carbocycles. The molecule has 2 bridgehead atoms. The monoisotopic (exact) mass is 273 g/mol. The number of fused-ring (bicyclic) bond motifs is 4. The fourth-order valence-corrected chi connectivity index (χ4v) is 3.21. The summed E-state index contributed by atoms with van der Waals surface area (Å²) in [5.74, 6) is 0.638. The lowest BCUT2D eigenvalue weighted by atomic mass is 9.78. The van der Waals surface area contributed by atoms with Crippen LogP contribution in [-0.2, 0) is 9.53 Å². The Bertz CT molecular complexity index is 593. The summed E-state index contributed by atoms with van der Waals surface area (Å²) < 4.78 is 11.3. The molecule has 1 aromatic rings. The molecule has 106 valence electrons. The number of nitrogens with one attached hydrogen (secondary N) is 1. The summed E-state index contributed by atoms with van der Waals surface area (Å²) in [4.78, 5) is 12.3. The van der Waals surface area contributed by atoms with Crippen LogP contribution in [0.2, 0.25) is 0 Å². The molecule has 0 aromatic heterocycles. The van der Waals surface area contributed by atoms with E-state index in [-0.39, 0.29) is 11.9 Å². The van der Waals surface area contributed by atoms with Gasteiger partial charge in [0.2, 0.25) is 0 Å². The maximum atomic E-state index is 12.3. The van der Waals surface area contributed by atoms with Crippen LogP contribution >= 0.6 is 0 Å². The second-order valence-electron chi connectivity index (χ2n) is 5.51. The first-order chi connectivity index (χ1) is 9.54. The van der Waals surface area contributed by atoms with Crippen LogP contribution in [0.1, 0.15) is 38.7 Å². The molecule has 2 heterocycles. The first-order valence-corrected chi connectivity index (χ1v) is 6.98. The zero-order valence-electron chi connectivity index (χ0n) is 12.0. The van der Waals surface area contributed by atoms with E-state index in [1.807, 2.05) is 45.0 Å². The molecular weight excluding hydrogens is 254 g/mol. The number of allylic oxidation sites excluding steroid dienone is 1. The Morgan fingerprint density at radius 1 is 1.50 bits per heavy atom. The first-order valence-electron chi connectivity index (χ1n) is 6.98. The molecule has 2 aliphatic heterocycles. The van der Waals surface area contributed by atoms with Gasteiger partial charge >= 0.3 is 5.97 Å². The van der Waals surface area contributed by atoms with Crippen LogP contribution in [-0.4, -0.2) is 18.3 Å². The minimum Gasteiger partial charge on any atom is -0.468 e. The summed E-state index contributed by atoms with van der Waals surface area (Å²) in [6.45, 7) is 6.14. The predicted octanol–water partition coefficient (Wildman–Crippen LogP) is 2.71. The van der Waals surface area contributed by atoms with Gasteiger partial charge in [-0.05, 0) is 26.8 Å². The van der Waals surface area contributed by atoms with Gasteiger partial charge in [-0.15, -0.1) is 0 Å². The van der Waals surface area contributed by atoms with Gasteiger partial charge < -0.3 is 14.8 Å². The van der Waals surface area contributed by atoms with Gasteiger partial charge in [-0.25, -0.2) is 4.79 Å². The highest BCUT2D eigenvalue weighted by molar-refractivity contribution is 5.91. The van der Waals surface area contributed by atoms with Crippen molar-refractivity contribution in [2.45, 2.75) is 38.8 Å². The van der Waals surface area contributed by atoms with Crippen molar-refractivity contribution in [3.05, 3.63) is 41.1 Å². The molecule has 0 fully saturated rings. The molecule has 0 radical (unpaired) electrons. The zero-order chi connectivity index (χ0) is 14.3. The van der Waals surface area contributed by atoms with Crippen LogP contribution in [0.15, 0.2) is 35.5 Å². The molecule has 0 unspecified atom stereocenters. The van der Waals surface area contributed by atoms with E-state index in [4.69, 9.17) is 9.47 Å². The summed E-state index contributed by atoms with van der Waals surface area (Å²) in [7, 11) is 0. The van der Waals surface area contributed by atoms with E-state index in [1.54, 1.807) is 0 Å². The predicted molar refractivity (Wildman–Crippen MR) is 75.3 cm³/mol. The molecule has 2 atom stereocenters. The molecular formula is C16H19NO3. The number of ether oxygens (including phenoxy) is 2. The molecule has 4 nitrogen and oxygen atoms in total. The quantitative estimate of drug-likeness (QED) is 0.842. The van der Waals surface area contributed by atoms with Crippen LogP contribution in [0.25, 0.3) is 0 Å². The van der Waals surface area contributed by atoms with Crippen molar-refractivity contribution in [2.75, 3.05) is 6.61 Å². The highest BCUT2D eigenvalue weighted by Crippen LogP contribution is 2.47. The number of benzene rings is 1. The lowest BCUT2D eigenvalue weighted by Gasteiger charge is -2.45. The number of carbonyl (C=O) groups is 1. The fraction of sp³-hybridized carbons (Fsp3) is 0.438. The third kappa shape index (κ3) is 1.96. The minimum atomic E-state index is -0.459. The number of hydrogen-bond donors (Lipinski definition) is 1. The summed E-state index contributed by atoms with van der Waals surface area (Å²) in [5, 5.41) is 3.31. The molecule has 20 heavy (non-hydrogen) atoms. The zero-order valence-corrected chi connectivity index (χ0v) is 12.0. The largest absolute Gasteiger partial charge is 0.468 e. The van der Waals surface area contributed by atoms with E-state index in [2.05, 4.69) is 5.32 Å². The minimum absolute atomic E-state index is 0.0326. The van der Waals surface area contributed by atoms with Gasteiger partial charge in [-0.2, -0.15) is 0 Å². The van der Waals surface area contributed by atoms with E-state index >= 15 is 0 Å². The van der Waals surface area contributed by atoms with Crippen molar-refractivity contribution in [3.8, 4) is 5.75 Å². The topological polar surface area (TPSA) is 47.6 Å². The molecule has 3 rings (SSSR count). The smallest absolute Gasteiger partial charge is 0.336 e. The number of rotatable bonds is 2. The SMILES string of the molecule is CCOC(=O)C1=C(C)N[C@]2(C)C[C@@H]1c1ccccc1O2. The van der Waals surface area contributed by atoms with Crippen LogP contribution in [0, 0.1) is 0 Å². The lowest BCUT2D eigenvalue weighted by molar-refractivity contribution is -0.139.